The van der Waals surface area contributed by atoms with Crippen molar-refractivity contribution in [1.82, 2.24) is 10.3 Å². The highest BCUT2D eigenvalue weighted by atomic mass is 16.1. The molecule has 1 saturated heterocycles. The molecule has 2 unspecified atom stereocenters. The fourth-order valence-corrected chi connectivity index (χ4v) is 4.28. The van der Waals surface area contributed by atoms with E-state index in [2.05, 4.69) is 62.8 Å². The van der Waals surface area contributed by atoms with Crippen molar-refractivity contribution in [2.45, 2.75) is 6.17 Å². The summed E-state index contributed by atoms with van der Waals surface area (Å²) in [4.78, 5) is 26.1. The molecule has 3 aliphatic rings. The summed E-state index contributed by atoms with van der Waals surface area (Å²) in [6.45, 7) is 7.63. The molecule has 174 valence electrons. The maximum absolute atomic E-state index is 11.7. The Bertz CT molecular complexity index is 1180. The lowest BCUT2D eigenvalue weighted by molar-refractivity contribution is -0.111. The number of nitrogens with zero attached hydrogens (tertiary/aromatic N) is 5. The van der Waals surface area contributed by atoms with E-state index in [1.807, 2.05) is 36.5 Å². The Hall–Kier alpha value is -3.98. The van der Waals surface area contributed by atoms with Gasteiger partial charge in [-0.25, -0.2) is 9.98 Å². The minimum absolute atomic E-state index is 0.0902. The van der Waals surface area contributed by atoms with Crippen molar-refractivity contribution >= 4 is 40.9 Å². The van der Waals surface area contributed by atoms with Crippen LogP contribution < -0.4 is 21.0 Å². The zero-order chi connectivity index (χ0) is 23.5. The largest absolute Gasteiger partial charge is 0.369 e. The molecule has 0 aliphatic carbocycles. The maximum Gasteiger partial charge on any atom is 0.247 e. The molecular formula is C25H28N8O. The van der Waals surface area contributed by atoms with Gasteiger partial charge in [0.1, 0.15) is 0 Å². The number of carbonyl (C=O) groups excluding carboxylic acids is 1. The molecule has 9 nitrogen and oxygen atoms in total. The quantitative estimate of drug-likeness (QED) is 0.601. The molecule has 3 heterocycles. The summed E-state index contributed by atoms with van der Waals surface area (Å²) < 4.78 is 0. The van der Waals surface area contributed by atoms with Crippen molar-refractivity contribution in [2.24, 2.45) is 21.0 Å². The van der Waals surface area contributed by atoms with Crippen LogP contribution in [0.25, 0.3) is 0 Å². The summed E-state index contributed by atoms with van der Waals surface area (Å²) in [5.74, 6) is 0.173. The number of rotatable bonds is 5. The number of aliphatic imine (C=N–C) groups is 2. The minimum atomic E-state index is -0.256. The molecule has 9 heteroatoms. The van der Waals surface area contributed by atoms with Gasteiger partial charge in [-0.05, 0) is 49.0 Å². The van der Waals surface area contributed by atoms with Crippen LogP contribution in [-0.4, -0.2) is 68.1 Å². The molecule has 5 rings (SSSR count). The molecule has 34 heavy (non-hydrogen) atoms. The first-order valence-corrected chi connectivity index (χ1v) is 11.4. The van der Waals surface area contributed by atoms with Crippen LogP contribution in [0.1, 0.15) is 5.56 Å². The summed E-state index contributed by atoms with van der Waals surface area (Å²) in [6, 6.07) is 16.0. The van der Waals surface area contributed by atoms with Gasteiger partial charge < -0.3 is 20.4 Å². The van der Waals surface area contributed by atoms with Gasteiger partial charge in [-0.15, -0.1) is 0 Å². The van der Waals surface area contributed by atoms with E-state index in [9.17, 15) is 4.79 Å². The number of fused-ring (bicyclic) bond motifs is 1. The Morgan fingerprint density at radius 2 is 1.91 bits per heavy atom. The summed E-state index contributed by atoms with van der Waals surface area (Å²) in [5, 5.41) is 10.4. The van der Waals surface area contributed by atoms with Crippen LogP contribution in [0.3, 0.4) is 0 Å². The van der Waals surface area contributed by atoms with Crippen molar-refractivity contribution in [3.63, 3.8) is 0 Å². The number of amides is 1. The second-order valence-corrected chi connectivity index (χ2v) is 8.57. The van der Waals surface area contributed by atoms with Gasteiger partial charge >= 0.3 is 0 Å². The van der Waals surface area contributed by atoms with Gasteiger partial charge in [0.05, 0.1) is 11.6 Å². The molecule has 2 atom stereocenters. The van der Waals surface area contributed by atoms with E-state index in [0.29, 0.717) is 11.6 Å². The normalized spacial score (nSPS) is 21.7. The van der Waals surface area contributed by atoms with Gasteiger partial charge in [0.25, 0.3) is 0 Å². The van der Waals surface area contributed by atoms with E-state index < -0.39 is 0 Å². The smallest absolute Gasteiger partial charge is 0.247 e. The van der Waals surface area contributed by atoms with Crippen LogP contribution in [0.15, 0.2) is 76.3 Å². The number of nitrogens with one attached hydrogen (secondary N) is 3. The monoisotopic (exact) mass is 456 g/mol. The number of carbonyl (C=O) groups is 1. The summed E-state index contributed by atoms with van der Waals surface area (Å²) in [7, 11) is 2.16. The number of hydrogen-bond donors (Lipinski definition) is 3. The lowest BCUT2D eigenvalue weighted by Gasteiger charge is -2.34. The first-order valence-electron chi connectivity index (χ1n) is 11.4. The topological polar surface area (TPSA) is 96.7 Å². The third kappa shape index (κ3) is 4.69. The number of guanidine groups is 1. The number of benzene rings is 2. The second kappa shape index (κ2) is 9.48. The Morgan fingerprint density at radius 1 is 1.12 bits per heavy atom. The highest BCUT2D eigenvalue weighted by molar-refractivity contribution is 6.18. The predicted octanol–water partition coefficient (Wildman–Crippen LogP) is 2.37. The fourth-order valence-electron chi connectivity index (χ4n) is 4.28. The Labute approximate surface area is 199 Å². The summed E-state index contributed by atoms with van der Waals surface area (Å²) in [6.07, 6.45) is 2.84. The SMILES string of the molecule is C=CC(=O)Nc1cccc(C2=NC(Nc3cccc(N4CCN(C)CC4)c3)=NC3NN=CC23)c1. The Kier molecular flexibility index (Phi) is 6.09. The van der Waals surface area contributed by atoms with Crippen molar-refractivity contribution in [3.8, 4) is 0 Å². The van der Waals surface area contributed by atoms with E-state index >= 15 is 0 Å². The zero-order valence-electron chi connectivity index (χ0n) is 19.1. The van der Waals surface area contributed by atoms with E-state index in [1.54, 1.807) is 0 Å². The van der Waals surface area contributed by atoms with Gasteiger partial charge in [0.15, 0.2) is 6.17 Å². The van der Waals surface area contributed by atoms with Crippen LogP contribution >= 0.6 is 0 Å². The molecular weight excluding hydrogens is 428 g/mol. The van der Waals surface area contributed by atoms with Gasteiger partial charge in [-0.3, -0.25) is 10.2 Å². The Balaban J connectivity index is 1.39. The van der Waals surface area contributed by atoms with Gasteiger partial charge in [-0.2, -0.15) is 5.10 Å². The number of hydrogen-bond acceptors (Lipinski definition) is 8. The van der Waals surface area contributed by atoms with Crippen LogP contribution in [0.4, 0.5) is 17.1 Å². The molecule has 0 aromatic heterocycles. The van der Waals surface area contributed by atoms with Crippen LogP contribution in [0, 0.1) is 5.92 Å². The molecule has 0 saturated carbocycles. The highest BCUT2D eigenvalue weighted by Crippen LogP contribution is 2.25. The molecule has 1 fully saturated rings. The van der Waals surface area contributed by atoms with E-state index in [1.165, 1.54) is 11.8 Å². The third-order valence-corrected chi connectivity index (χ3v) is 6.17. The first-order chi connectivity index (χ1) is 16.6. The summed E-state index contributed by atoms with van der Waals surface area (Å²) >= 11 is 0. The van der Waals surface area contributed by atoms with Gasteiger partial charge in [-0.1, -0.05) is 24.8 Å². The summed E-state index contributed by atoms with van der Waals surface area (Å²) in [5.41, 5.74) is 7.59. The van der Waals surface area contributed by atoms with Crippen LogP contribution in [0.5, 0.6) is 0 Å². The molecule has 2 aromatic rings. The van der Waals surface area contributed by atoms with Crippen molar-refractivity contribution in [3.05, 3.63) is 66.7 Å². The number of hydrazone groups is 1. The van der Waals surface area contributed by atoms with E-state index in [-0.39, 0.29) is 18.0 Å². The Morgan fingerprint density at radius 3 is 2.74 bits per heavy atom. The minimum Gasteiger partial charge on any atom is -0.369 e. The molecule has 1 amide bonds. The van der Waals surface area contributed by atoms with Crippen molar-refractivity contribution in [1.29, 1.82) is 0 Å². The van der Waals surface area contributed by atoms with Crippen LogP contribution in [-0.2, 0) is 4.79 Å². The maximum atomic E-state index is 11.7. The highest BCUT2D eigenvalue weighted by Gasteiger charge is 2.33. The molecule has 2 aromatic carbocycles. The average Bonchev–Trinajstić information content (AvgIpc) is 3.33. The molecule has 0 bridgehead atoms. The molecule has 3 N–H and O–H groups in total. The number of likely N-dealkylation sites (N-methyl/N-ethyl adjacent to an activating group) is 1. The number of piperazine rings is 1. The number of anilines is 3. The second-order valence-electron chi connectivity index (χ2n) is 8.57. The lowest BCUT2D eigenvalue weighted by Crippen LogP contribution is -2.44. The first kappa shape index (κ1) is 21.8. The van der Waals surface area contributed by atoms with E-state index in [4.69, 9.17) is 9.98 Å². The van der Waals surface area contributed by atoms with Gasteiger partial charge in [0.2, 0.25) is 11.9 Å². The standard InChI is InChI=1S/C25H28N8O/c1-3-22(34)27-18-7-4-6-17(14-18)23-21-16-26-31-24(21)30-25(29-23)28-19-8-5-9-20(15-19)33-12-10-32(2)11-13-33/h3-9,14-16,21,24,31H,1,10-13H2,2H3,(H,27,34)(H,28,30). The average molecular weight is 457 g/mol. The fraction of sp³-hybridized carbons (Fsp3) is 0.280. The van der Waals surface area contributed by atoms with Crippen LogP contribution in [0.2, 0.25) is 0 Å². The molecule has 0 spiro atoms. The van der Waals surface area contributed by atoms with Crippen molar-refractivity contribution in [2.75, 3.05) is 48.8 Å². The third-order valence-electron chi connectivity index (χ3n) is 6.17. The predicted molar refractivity (Wildman–Crippen MR) is 138 cm³/mol. The van der Waals surface area contributed by atoms with Gasteiger partial charge in [0, 0.05) is 49.5 Å². The van der Waals surface area contributed by atoms with Crippen molar-refractivity contribution < 1.29 is 4.79 Å². The zero-order valence-corrected chi connectivity index (χ0v) is 19.1. The molecule has 0 radical (unpaired) electrons. The molecule has 3 aliphatic heterocycles. The van der Waals surface area contributed by atoms with E-state index in [0.717, 1.165) is 43.1 Å². The lowest BCUT2D eigenvalue weighted by atomic mass is 9.94.